The molecular formula is C23H27N5O4. The normalized spacial score (nSPS) is 13.3. The van der Waals surface area contributed by atoms with Crippen LogP contribution in [-0.2, 0) is 11.3 Å². The van der Waals surface area contributed by atoms with Crippen molar-refractivity contribution < 1.29 is 19.0 Å². The summed E-state index contributed by atoms with van der Waals surface area (Å²) in [5.74, 6) is 3.88. The van der Waals surface area contributed by atoms with E-state index in [-0.39, 0.29) is 5.92 Å². The van der Waals surface area contributed by atoms with Gasteiger partial charge < -0.3 is 14.2 Å². The third-order valence-electron chi connectivity index (χ3n) is 5.16. The molecule has 0 atom stereocenters. The highest BCUT2D eigenvalue weighted by Crippen LogP contribution is 2.42. The number of aromatic nitrogens is 4. The number of hydrogen-bond acceptors (Lipinski definition) is 8. The fourth-order valence-electron chi connectivity index (χ4n) is 3.66. The fourth-order valence-corrected chi connectivity index (χ4v) is 3.66. The summed E-state index contributed by atoms with van der Waals surface area (Å²) in [4.78, 5) is 14.5. The first kappa shape index (κ1) is 21.6. The molecule has 0 fully saturated rings. The minimum absolute atomic E-state index is 0.155. The second-order valence-electron chi connectivity index (χ2n) is 7.70. The van der Waals surface area contributed by atoms with Gasteiger partial charge >= 0.3 is 0 Å². The summed E-state index contributed by atoms with van der Waals surface area (Å²) in [7, 11) is 4.79. The maximum Gasteiger partial charge on any atom is 0.249 e. The molecule has 1 N–H and O–H groups in total. The monoisotopic (exact) mass is 437 g/mol. The van der Waals surface area contributed by atoms with Gasteiger partial charge in [0.15, 0.2) is 22.8 Å². The Kier molecular flexibility index (Phi) is 6.00. The zero-order chi connectivity index (χ0) is 22.8. The second-order valence-corrected chi connectivity index (χ2v) is 7.70. The SMILES string of the molecule is CON/C=C\C=C(/C)c1nc2c3c(nc(C(C)C)n3n1)Cc1cc(cc(OC)c1OC)O2. The molecule has 2 aromatic heterocycles. The molecule has 0 unspecified atom stereocenters. The molecular weight excluding hydrogens is 410 g/mol. The Morgan fingerprint density at radius 1 is 1.19 bits per heavy atom. The highest BCUT2D eigenvalue weighted by molar-refractivity contribution is 5.69. The zero-order valence-corrected chi connectivity index (χ0v) is 19.1. The quantitative estimate of drug-likeness (QED) is 0.342. The molecule has 0 amide bonds. The molecule has 2 bridgehead atoms. The topological polar surface area (TPSA) is 92.0 Å². The van der Waals surface area contributed by atoms with Crippen LogP contribution in [0.2, 0.25) is 0 Å². The maximum atomic E-state index is 6.26. The van der Waals surface area contributed by atoms with Gasteiger partial charge in [0, 0.05) is 30.2 Å². The molecule has 1 aliphatic rings. The molecule has 0 spiro atoms. The fraction of sp³-hybridized carbons (Fsp3) is 0.348. The number of methoxy groups -OCH3 is 2. The molecule has 0 saturated carbocycles. The van der Waals surface area contributed by atoms with Crippen LogP contribution < -0.4 is 19.7 Å². The van der Waals surface area contributed by atoms with Crippen molar-refractivity contribution in [3.8, 4) is 23.1 Å². The van der Waals surface area contributed by atoms with E-state index in [9.17, 15) is 0 Å². The predicted octanol–water partition coefficient (Wildman–Crippen LogP) is 4.03. The first-order chi connectivity index (χ1) is 15.5. The average Bonchev–Trinajstić information content (AvgIpc) is 3.14. The van der Waals surface area contributed by atoms with E-state index in [1.807, 2.05) is 29.7 Å². The summed E-state index contributed by atoms with van der Waals surface area (Å²) in [5, 5.41) is 4.80. The number of fused-ring (bicyclic) bond motifs is 2. The summed E-state index contributed by atoms with van der Waals surface area (Å²) in [5.41, 5.74) is 6.04. The van der Waals surface area contributed by atoms with Crippen molar-refractivity contribution in [3.63, 3.8) is 0 Å². The van der Waals surface area contributed by atoms with Crippen molar-refractivity contribution in [1.82, 2.24) is 25.1 Å². The first-order valence-electron chi connectivity index (χ1n) is 10.3. The van der Waals surface area contributed by atoms with E-state index in [2.05, 4.69) is 19.3 Å². The Balaban J connectivity index is 1.91. The molecule has 0 radical (unpaired) electrons. The van der Waals surface area contributed by atoms with Crippen molar-refractivity contribution in [3.05, 3.63) is 53.4 Å². The number of rotatable bonds is 7. The van der Waals surface area contributed by atoms with Crippen LogP contribution in [0.15, 0.2) is 30.5 Å². The number of benzene rings is 1. The van der Waals surface area contributed by atoms with Crippen LogP contribution in [-0.4, -0.2) is 40.9 Å². The molecule has 3 heterocycles. The van der Waals surface area contributed by atoms with E-state index in [0.29, 0.717) is 35.4 Å². The van der Waals surface area contributed by atoms with E-state index in [4.69, 9.17) is 34.1 Å². The van der Waals surface area contributed by atoms with E-state index < -0.39 is 0 Å². The van der Waals surface area contributed by atoms with Crippen molar-refractivity contribution in [2.45, 2.75) is 33.1 Å². The van der Waals surface area contributed by atoms with Gasteiger partial charge in [-0.2, -0.15) is 4.98 Å². The number of imidazole rings is 1. The van der Waals surface area contributed by atoms with Crippen molar-refractivity contribution in [2.75, 3.05) is 21.3 Å². The molecule has 4 rings (SSSR count). The van der Waals surface area contributed by atoms with Gasteiger partial charge in [0.2, 0.25) is 5.88 Å². The Labute approximate surface area is 186 Å². The lowest BCUT2D eigenvalue weighted by molar-refractivity contribution is 0.128. The maximum absolute atomic E-state index is 6.26. The Hall–Kier alpha value is -3.59. The molecule has 168 valence electrons. The van der Waals surface area contributed by atoms with Crippen LogP contribution in [0.3, 0.4) is 0 Å². The highest BCUT2D eigenvalue weighted by Gasteiger charge is 2.26. The van der Waals surface area contributed by atoms with E-state index in [1.54, 1.807) is 33.6 Å². The van der Waals surface area contributed by atoms with Crippen LogP contribution in [0.25, 0.3) is 11.1 Å². The number of nitrogens with zero attached hydrogens (tertiary/aromatic N) is 4. The minimum Gasteiger partial charge on any atom is -0.493 e. The lowest BCUT2D eigenvalue weighted by Crippen LogP contribution is -2.08. The molecule has 3 aromatic rings. The lowest BCUT2D eigenvalue weighted by Gasteiger charge is -2.18. The molecule has 1 aliphatic heterocycles. The van der Waals surface area contributed by atoms with Gasteiger partial charge in [-0.25, -0.2) is 9.50 Å². The van der Waals surface area contributed by atoms with Gasteiger partial charge in [-0.15, -0.1) is 5.10 Å². The van der Waals surface area contributed by atoms with Gasteiger partial charge in [-0.3, -0.25) is 10.3 Å². The average molecular weight is 438 g/mol. The zero-order valence-electron chi connectivity index (χ0n) is 19.1. The molecule has 0 saturated heterocycles. The van der Waals surface area contributed by atoms with Gasteiger partial charge in [0.25, 0.3) is 0 Å². The van der Waals surface area contributed by atoms with Crippen LogP contribution in [0.5, 0.6) is 23.1 Å². The lowest BCUT2D eigenvalue weighted by atomic mass is 10.1. The summed E-state index contributed by atoms with van der Waals surface area (Å²) >= 11 is 0. The Morgan fingerprint density at radius 2 is 2.00 bits per heavy atom. The van der Waals surface area contributed by atoms with Crippen molar-refractivity contribution in [1.29, 1.82) is 0 Å². The summed E-state index contributed by atoms with van der Waals surface area (Å²) in [6, 6.07) is 3.74. The smallest absolute Gasteiger partial charge is 0.249 e. The van der Waals surface area contributed by atoms with Crippen LogP contribution in [0, 0.1) is 0 Å². The number of allylic oxidation sites excluding steroid dienone is 3. The van der Waals surface area contributed by atoms with Crippen molar-refractivity contribution >= 4 is 11.1 Å². The van der Waals surface area contributed by atoms with Crippen LogP contribution in [0.1, 0.15) is 49.6 Å². The van der Waals surface area contributed by atoms with Gasteiger partial charge in [0.1, 0.15) is 11.6 Å². The molecule has 9 nitrogen and oxygen atoms in total. The number of hydroxylamine groups is 1. The third kappa shape index (κ3) is 3.87. The van der Waals surface area contributed by atoms with E-state index in [1.165, 1.54) is 0 Å². The largest absolute Gasteiger partial charge is 0.493 e. The Bertz CT molecular complexity index is 1210. The highest BCUT2D eigenvalue weighted by atomic mass is 16.6. The van der Waals surface area contributed by atoms with Gasteiger partial charge in [-0.1, -0.05) is 19.9 Å². The number of hydrogen-bond donors (Lipinski definition) is 1. The van der Waals surface area contributed by atoms with E-state index >= 15 is 0 Å². The van der Waals surface area contributed by atoms with Crippen LogP contribution in [0.4, 0.5) is 0 Å². The predicted molar refractivity (Wildman–Crippen MR) is 120 cm³/mol. The van der Waals surface area contributed by atoms with Crippen molar-refractivity contribution in [2.24, 2.45) is 0 Å². The van der Waals surface area contributed by atoms with Gasteiger partial charge in [-0.05, 0) is 24.6 Å². The summed E-state index contributed by atoms with van der Waals surface area (Å²) in [6.45, 7) is 6.12. The first-order valence-corrected chi connectivity index (χ1v) is 10.3. The second kappa shape index (κ2) is 8.88. The summed E-state index contributed by atoms with van der Waals surface area (Å²) in [6.07, 6.45) is 5.93. The molecule has 32 heavy (non-hydrogen) atoms. The standard InChI is InChI=1S/C23H27N5O4/c1-13(2)22-25-17-11-15-10-16(12-18(29-4)20(15)30-5)32-23-19(17)28(22)27-21(26-23)14(3)8-7-9-24-31-6/h7-10,12-13,24H,11H2,1-6H3/b9-7-,14-8+. The van der Waals surface area contributed by atoms with Crippen LogP contribution >= 0.6 is 0 Å². The Morgan fingerprint density at radius 3 is 2.69 bits per heavy atom. The number of nitrogens with one attached hydrogen (secondary N) is 1. The molecule has 1 aromatic carbocycles. The third-order valence-corrected chi connectivity index (χ3v) is 5.16. The minimum atomic E-state index is 0.155. The van der Waals surface area contributed by atoms with Gasteiger partial charge in [0.05, 0.1) is 27.0 Å². The van der Waals surface area contributed by atoms with E-state index in [0.717, 1.165) is 28.2 Å². The number of ether oxygens (including phenoxy) is 3. The molecule has 9 heteroatoms. The molecule has 0 aliphatic carbocycles. The summed E-state index contributed by atoms with van der Waals surface area (Å²) < 4.78 is 19.2.